The minimum absolute atomic E-state index is 0.00854. The van der Waals surface area contributed by atoms with Crippen LogP contribution in [0.2, 0.25) is 103 Å². The molecule has 0 rings (SSSR count). The summed E-state index contributed by atoms with van der Waals surface area (Å²) in [6.07, 6.45) is -6.94. The monoisotopic (exact) mass is 1680 g/mol. The van der Waals surface area contributed by atoms with Crippen LogP contribution in [0.4, 0.5) is 0 Å². The van der Waals surface area contributed by atoms with Gasteiger partial charge < -0.3 is 106 Å². The molecule has 0 aliphatic carbocycles. The van der Waals surface area contributed by atoms with Gasteiger partial charge in [-0.2, -0.15) is 0 Å². The van der Waals surface area contributed by atoms with Crippen LogP contribution in [0.1, 0.15) is 128 Å². The van der Waals surface area contributed by atoms with E-state index in [9.17, 15) is 112 Å². The number of carboxylic acid groups (broad SMARTS) is 8. The molecule has 0 aromatic carbocycles. The first kappa shape index (κ1) is 102. The summed E-state index contributed by atoms with van der Waals surface area (Å²) in [6, 6.07) is 0.156. The van der Waals surface area contributed by atoms with Crippen molar-refractivity contribution in [3.63, 3.8) is 0 Å². The molecule has 0 aromatic heterocycles. The molecule has 0 aliphatic rings. The average Bonchev–Trinajstić information content (AvgIpc) is 0.784. The molecule has 0 aliphatic heterocycles. The molecule has 45 heteroatoms. The molecule has 4 unspecified atom stereocenters. The van der Waals surface area contributed by atoms with Gasteiger partial charge in [-0.25, -0.2) is 0 Å². The molecule has 4 atom stereocenters. The zero-order chi connectivity index (χ0) is 83.6. The summed E-state index contributed by atoms with van der Waals surface area (Å²) >= 11 is 0. The second-order valence-corrected chi connectivity index (χ2v) is 56.5. The molecule has 0 saturated carbocycles. The smallest absolute Gasteiger partial charge is 0.317 e. The van der Waals surface area contributed by atoms with Crippen LogP contribution in [-0.2, 0) is 101 Å². The van der Waals surface area contributed by atoms with Gasteiger partial charge in [-0.15, -0.1) is 0 Å². The standard InChI is InChI=1S/C64H120N8O30Si7/c1-103(2,3)97-105(7,8)99-107(10,46-14-38-70(54(78)22-30-62(91)92)42-34-66-50(74)18-26-58(83)84)101-109(12,48-16-40-72(56(80)24-32-64(95)96)44-36-68-52(76)20-28-60(87)88)102-108(11,47-15-39-71(55(79)23-31-63(93)94)43-35-67-51(75)19-27-59(85)86)100-106(9,98-104(4,5)6)45-13-37-69(53(77)21-29-61(89)90)41-33-65-49(73)17-25-57(81)82/h13-48H2,1-12H3,(H,65,73)(H,66,74)(H,67,75)(H,68,76)(H,81,82)(H,83,84)(H,85,86)(H,87,88)(H,89,90)(H,91,92)(H,93,94)(H,95,96). The number of carboxylic acids is 8. The highest BCUT2D eigenvalue weighted by atomic mass is 28.5. The van der Waals surface area contributed by atoms with Gasteiger partial charge in [-0.05, 0) is 128 Å². The second kappa shape index (κ2) is 50.6. The Kier molecular flexibility index (Phi) is 47.3. The largest absolute Gasteiger partial charge is 0.481 e. The fraction of sp³-hybridized carbons (Fsp3) is 0.750. The highest BCUT2D eigenvalue weighted by Gasteiger charge is 2.53. The third kappa shape index (κ3) is 52.6. The summed E-state index contributed by atoms with van der Waals surface area (Å²) in [5.74, 6) is -14.8. The number of nitrogens with one attached hydrogen (secondary N) is 4. The fourth-order valence-corrected chi connectivity index (χ4v) is 47.0. The molecule has 0 bridgehead atoms. The van der Waals surface area contributed by atoms with E-state index in [2.05, 4.69) is 21.3 Å². The van der Waals surface area contributed by atoms with E-state index in [4.69, 9.17) is 29.8 Å². The van der Waals surface area contributed by atoms with E-state index >= 15 is 0 Å². The maximum atomic E-state index is 14.0. The maximum absolute atomic E-state index is 14.0. The molecular formula is C64H120N8O30Si7. The van der Waals surface area contributed by atoms with Crippen molar-refractivity contribution >= 4 is 154 Å². The number of carbonyl (C=O) groups is 16. The molecule has 38 nitrogen and oxygen atoms in total. The Labute approximate surface area is 644 Å². The lowest BCUT2D eigenvalue weighted by atomic mass is 10.2. The summed E-state index contributed by atoms with van der Waals surface area (Å²) in [5.41, 5.74) is 0. The van der Waals surface area contributed by atoms with Gasteiger partial charge in [0.25, 0.3) is 0 Å². The first-order chi connectivity index (χ1) is 50.3. The van der Waals surface area contributed by atoms with E-state index in [1.807, 2.05) is 52.4 Å². The van der Waals surface area contributed by atoms with E-state index in [0.717, 1.165) is 0 Å². The Bertz CT molecular complexity index is 3060. The Morgan fingerprint density at radius 1 is 0.239 bits per heavy atom. The van der Waals surface area contributed by atoms with E-state index in [1.54, 1.807) is 26.2 Å². The number of hydrogen-bond acceptors (Lipinski definition) is 22. The van der Waals surface area contributed by atoms with Gasteiger partial charge in [0.15, 0.2) is 16.6 Å². The van der Waals surface area contributed by atoms with Crippen LogP contribution < -0.4 is 21.3 Å². The molecule has 0 heterocycles. The van der Waals surface area contributed by atoms with E-state index in [0.29, 0.717) is 0 Å². The van der Waals surface area contributed by atoms with Gasteiger partial charge in [-0.1, -0.05) is 0 Å². The summed E-state index contributed by atoms with van der Waals surface area (Å²) < 4.78 is 44.2. The summed E-state index contributed by atoms with van der Waals surface area (Å²) in [7, 11) is -24.6. The molecule has 8 amide bonds. The van der Waals surface area contributed by atoms with Crippen LogP contribution in [0, 0.1) is 0 Å². The van der Waals surface area contributed by atoms with Crippen molar-refractivity contribution in [2.75, 3.05) is 78.5 Å². The van der Waals surface area contributed by atoms with Gasteiger partial charge in [0.1, 0.15) is 0 Å². The Morgan fingerprint density at radius 3 is 0.615 bits per heavy atom. The van der Waals surface area contributed by atoms with Gasteiger partial charge >= 0.3 is 90.6 Å². The van der Waals surface area contributed by atoms with Crippen molar-refractivity contribution in [2.45, 2.75) is 231 Å². The lowest BCUT2D eigenvalue weighted by molar-refractivity contribution is -0.141. The van der Waals surface area contributed by atoms with Crippen molar-refractivity contribution in [3.05, 3.63) is 0 Å². The van der Waals surface area contributed by atoms with Gasteiger partial charge in [0.2, 0.25) is 47.3 Å². The molecule has 109 heavy (non-hydrogen) atoms. The van der Waals surface area contributed by atoms with Gasteiger partial charge in [0, 0.05) is 130 Å². The predicted octanol–water partition coefficient (Wildman–Crippen LogP) is 4.00. The third-order valence-electron chi connectivity index (χ3n) is 15.8. The quantitative estimate of drug-likeness (QED) is 0.0383. The van der Waals surface area contributed by atoms with Crippen LogP contribution in [0.3, 0.4) is 0 Å². The lowest BCUT2D eigenvalue weighted by Crippen LogP contribution is -2.63. The van der Waals surface area contributed by atoms with E-state index in [1.165, 1.54) is 19.6 Å². The molecular weight excluding hydrogens is 1560 g/mol. The van der Waals surface area contributed by atoms with Crippen LogP contribution >= 0.6 is 0 Å². The zero-order valence-corrected chi connectivity index (χ0v) is 72.3. The topological polar surface area (TPSA) is 551 Å². The maximum Gasteiger partial charge on any atom is 0.317 e. The van der Waals surface area contributed by atoms with Crippen LogP contribution in [0.25, 0.3) is 0 Å². The van der Waals surface area contributed by atoms with Crippen molar-refractivity contribution in [1.82, 2.24) is 40.9 Å². The Balaban J connectivity index is 8.96. The highest BCUT2D eigenvalue weighted by molar-refractivity contribution is 6.92. The van der Waals surface area contributed by atoms with Crippen LogP contribution in [0.5, 0.6) is 0 Å². The van der Waals surface area contributed by atoms with Gasteiger partial charge in [0.05, 0.1) is 51.4 Å². The summed E-state index contributed by atoms with van der Waals surface area (Å²) in [6.45, 7) is 20.8. The van der Waals surface area contributed by atoms with Crippen LogP contribution in [-0.4, -0.2) is 293 Å². The highest BCUT2D eigenvalue weighted by Crippen LogP contribution is 2.37. The molecule has 12 N–H and O–H groups in total. The number of amides is 8. The predicted molar refractivity (Wildman–Crippen MR) is 408 cm³/mol. The zero-order valence-electron chi connectivity index (χ0n) is 65.3. The number of nitrogens with zero attached hydrogens (tertiary/aromatic N) is 4. The minimum atomic E-state index is -4.18. The number of carbonyl (C=O) groups excluding carboxylic acids is 8. The molecule has 0 radical (unpaired) electrons. The molecule has 0 fully saturated rings. The molecule has 0 saturated heterocycles. The van der Waals surface area contributed by atoms with Gasteiger partial charge in [-0.3, -0.25) is 76.7 Å². The fourth-order valence-electron chi connectivity index (χ4n) is 11.6. The number of rotatable bonds is 64. The first-order valence-electron chi connectivity index (χ1n) is 36.4. The molecule has 0 aromatic rings. The first-order valence-corrected chi connectivity index (χ1v) is 56.1. The molecule has 0 spiro atoms. The Morgan fingerprint density at radius 2 is 0.422 bits per heavy atom. The second-order valence-electron chi connectivity index (χ2n) is 29.3. The third-order valence-corrected chi connectivity index (χ3v) is 43.5. The van der Waals surface area contributed by atoms with Crippen LogP contribution in [0.15, 0.2) is 0 Å². The SMILES string of the molecule is C[Si](C)(C)O[Si](C)(C)O[Si](C)(CCCN(CCNC(=O)CCC(=O)O)C(=O)CCC(=O)O)O[Si](C)(CCCN(CCNC(=O)CCC(=O)O)C(=O)CCC(=O)O)O[Si](C)(CCCN(CCNC(=O)CCC(=O)O)C(=O)CCC(=O)O)O[Si](C)(CCCN(CCNC(=O)CCC(=O)O)C(=O)CCC(=O)O)O[Si](C)(C)C. The normalized spacial score (nSPS) is 13.8. The van der Waals surface area contributed by atoms with Crippen molar-refractivity contribution in [2.24, 2.45) is 0 Å². The average molecular weight is 1680 g/mol. The van der Waals surface area contributed by atoms with Crippen molar-refractivity contribution in [1.29, 1.82) is 0 Å². The van der Waals surface area contributed by atoms with Crippen molar-refractivity contribution < 1.29 is 142 Å². The van der Waals surface area contributed by atoms with E-state index in [-0.39, 0.29) is 154 Å². The molecule has 624 valence electrons. The summed E-state index contributed by atoms with van der Waals surface area (Å²) in [5, 5.41) is 85.6. The van der Waals surface area contributed by atoms with Crippen molar-refractivity contribution in [3.8, 4) is 0 Å². The summed E-state index contributed by atoms with van der Waals surface area (Å²) in [4.78, 5) is 204. The number of aliphatic carboxylic acids is 8. The Hall–Kier alpha value is -7.20. The lowest BCUT2D eigenvalue weighted by Gasteiger charge is -2.47. The van der Waals surface area contributed by atoms with E-state index < -0.39 is 232 Å². The number of hydrogen-bond donors (Lipinski definition) is 12. The minimum Gasteiger partial charge on any atom is -0.481 e.